The van der Waals surface area contributed by atoms with E-state index in [1.54, 1.807) is 0 Å². The van der Waals surface area contributed by atoms with Crippen LogP contribution in [0.3, 0.4) is 0 Å². The molecule has 0 aliphatic rings. The first-order chi connectivity index (χ1) is 6.71. The molecule has 0 aromatic carbocycles. The molecule has 0 unspecified atom stereocenters. The van der Waals surface area contributed by atoms with Gasteiger partial charge < -0.3 is 0 Å². The van der Waals surface area contributed by atoms with Gasteiger partial charge in [-0.1, -0.05) is 0 Å². The number of hydrogen-bond acceptors (Lipinski definition) is 1. The minimum absolute atomic E-state index is 0.987. The Morgan fingerprint density at radius 2 is 1.13 bits per heavy atom. The molecule has 0 aromatic heterocycles. The Hall–Kier alpha value is 1.94. The molecule has 0 atom stereocenters. The summed E-state index contributed by atoms with van der Waals surface area (Å²) in [5.74, 6) is 2.29. The number of halogens is 4. The van der Waals surface area contributed by atoms with E-state index < -0.39 is 13.4 Å². The molecule has 0 nitrogen and oxygen atoms in total. The largest absolute Gasteiger partial charge is 0.248 e. The molecule has 0 aromatic rings. The summed E-state index contributed by atoms with van der Waals surface area (Å²) in [6, 6.07) is 1.97. The van der Waals surface area contributed by atoms with Gasteiger partial charge in [0, 0.05) is 0 Å². The molecule has 92 valence electrons. The summed E-state index contributed by atoms with van der Waals surface area (Å²) >= 11 is 25.9. The summed E-state index contributed by atoms with van der Waals surface area (Å²) in [4.78, 5) is 0. The molecule has 7 heteroatoms. The van der Waals surface area contributed by atoms with Crippen molar-refractivity contribution in [3.63, 3.8) is 0 Å². The van der Waals surface area contributed by atoms with Crippen LogP contribution in [0.4, 0.5) is 0 Å². The van der Waals surface area contributed by atoms with Crippen molar-refractivity contribution >= 4 is 69.5 Å². The fraction of sp³-hybridized carbons (Fsp3) is 1.00. The van der Waals surface area contributed by atoms with Gasteiger partial charge in [-0.2, -0.15) is 11.8 Å². The van der Waals surface area contributed by atoms with Crippen molar-refractivity contribution in [1.82, 2.24) is 0 Å². The maximum Gasteiger partial charge on any atom is 0.248 e. The summed E-state index contributed by atoms with van der Waals surface area (Å²) in [5.41, 5.74) is 0. The highest BCUT2D eigenvalue weighted by Crippen LogP contribution is 2.25. The van der Waals surface area contributed by atoms with Crippen LogP contribution in [0.1, 0.15) is 12.8 Å². The molecule has 15 heavy (non-hydrogen) atoms. The first-order valence-corrected chi connectivity index (χ1v) is 15.7. The average molecular weight is 344 g/mol. The molecule has 0 saturated carbocycles. The van der Waals surface area contributed by atoms with Gasteiger partial charge in [-0.25, -0.2) is 0 Å². The van der Waals surface area contributed by atoms with E-state index in [4.69, 9.17) is 44.3 Å². The smallest absolute Gasteiger partial charge is 0.162 e. The molecular formula is C8H18Cl4SSi2. The summed E-state index contributed by atoms with van der Waals surface area (Å²) in [6.07, 6.45) is 2.24. The molecule has 0 heterocycles. The number of hydrogen-bond donors (Lipinski definition) is 0. The summed E-state index contributed by atoms with van der Waals surface area (Å²) in [7, 11) is 0. The lowest BCUT2D eigenvalue weighted by molar-refractivity contribution is 1.05. The zero-order valence-electron chi connectivity index (χ0n) is 9.16. The maximum absolute atomic E-state index is 6.00. The first-order valence-electron chi connectivity index (χ1n) is 5.04. The normalized spacial score (nSPS) is 13.2. The zero-order valence-corrected chi connectivity index (χ0v) is 15.0. The Morgan fingerprint density at radius 3 is 1.40 bits per heavy atom. The lowest BCUT2D eigenvalue weighted by atomic mass is 10.6. The summed E-state index contributed by atoms with van der Waals surface area (Å²) in [6.45, 7) is 0.222. The molecule has 0 saturated heterocycles. The zero-order chi connectivity index (χ0) is 11.9. The van der Waals surface area contributed by atoms with Gasteiger partial charge in [0.25, 0.3) is 0 Å². The van der Waals surface area contributed by atoms with Crippen LogP contribution >= 0.6 is 56.1 Å². The first kappa shape index (κ1) is 16.9. The van der Waals surface area contributed by atoms with Crippen molar-refractivity contribution < 1.29 is 0 Å². The van der Waals surface area contributed by atoms with Crippen LogP contribution in [0.25, 0.3) is 0 Å². The Balaban J connectivity index is 3.20. The Labute approximate surface area is 118 Å². The number of thioether (sulfide) groups is 1. The highest BCUT2D eigenvalue weighted by Gasteiger charge is 2.20. The van der Waals surface area contributed by atoms with Gasteiger partial charge in [0.1, 0.15) is 0 Å². The number of rotatable bonds is 8. The van der Waals surface area contributed by atoms with E-state index in [1.807, 2.05) is 24.9 Å². The van der Waals surface area contributed by atoms with Crippen molar-refractivity contribution in [2.75, 3.05) is 11.5 Å². The van der Waals surface area contributed by atoms with Crippen molar-refractivity contribution in [3.8, 4) is 0 Å². The van der Waals surface area contributed by atoms with Crippen molar-refractivity contribution in [2.24, 2.45) is 0 Å². The summed E-state index contributed by atoms with van der Waals surface area (Å²) in [5, 5.41) is 0. The molecule has 0 amide bonds. The van der Waals surface area contributed by atoms with Gasteiger partial charge in [0.2, 0.25) is 13.4 Å². The van der Waals surface area contributed by atoms with Crippen LogP contribution in [0.15, 0.2) is 0 Å². The summed E-state index contributed by atoms with van der Waals surface area (Å²) < 4.78 is 0. The van der Waals surface area contributed by atoms with E-state index in [0.717, 1.165) is 36.4 Å². The van der Waals surface area contributed by atoms with E-state index in [1.165, 1.54) is 0 Å². The minimum atomic E-state index is -1.86. The van der Waals surface area contributed by atoms with Crippen LogP contribution in [0, 0.1) is 0 Å². The third kappa shape index (κ3) is 15.9. The van der Waals surface area contributed by atoms with Crippen LogP contribution in [-0.4, -0.2) is 24.9 Å². The minimum Gasteiger partial charge on any atom is -0.162 e. The predicted octanol–water partition coefficient (Wildman–Crippen LogP) is 5.60. The third-order valence-electron chi connectivity index (χ3n) is 1.81. The third-order valence-corrected chi connectivity index (χ3v) is 7.69. The standard InChI is InChI=1S/C8H18Cl4SSi2/c1-14(9,10)7-3-5-13-6-4-8-15(2,11)12/h3-8H2,1-2H3. The monoisotopic (exact) mass is 342 g/mol. The van der Waals surface area contributed by atoms with Gasteiger partial charge in [0.15, 0.2) is 0 Å². The quantitative estimate of drug-likeness (QED) is 0.314. The second kappa shape index (κ2) is 8.12. The second-order valence-corrected chi connectivity index (χ2v) is 21.6. The van der Waals surface area contributed by atoms with Crippen LogP contribution in [0.2, 0.25) is 25.2 Å². The lowest BCUT2D eigenvalue weighted by Gasteiger charge is -2.10. The Bertz CT molecular complexity index is 149. The topological polar surface area (TPSA) is 0 Å². The molecule has 0 fully saturated rings. The van der Waals surface area contributed by atoms with E-state index >= 15 is 0 Å². The molecule has 0 bridgehead atoms. The lowest BCUT2D eigenvalue weighted by Crippen LogP contribution is -2.12. The molecule has 0 aliphatic heterocycles. The fourth-order valence-electron chi connectivity index (χ4n) is 1.07. The van der Waals surface area contributed by atoms with Gasteiger partial charge in [-0.15, -0.1) is 44.3 Å². The molecule has 0 radical (unpaired) electrons. The van der Waals surface area contributed by atoms with Crippen LogP contribution < -0.4 is 0 Å². The van der Waals surface area contributed by atoms with Gasteiger partial charge in [-0.05, 0) is 49.5 Å². The second-order valence-electron chi connectivity index (χ2n) is 3.96. The van der Waals surface area contributed by atoms with Gasteiger partial charge >= 0.3 is 0 Å². The average Bonchev–Trinajstić information content (AvgIpc) is 1.98. The predicted molar refractivity (Wildman–Crippen MR) is 82.8 cm³/mol. The van der Waals surface area contributed by atoms with Crippen molar-refractivity contribution in [2.45, 2.75) is 38.0 Å². The molecule has 0 rings (SSSR count). The maximum atomic E-state index is 6.00. The van der Waals surface area contributed by atoms with Crippen molar-refractivity contribution in [1.29, 1.82) is 0 Å². The highest BCUT2D eigenvalue weighted by atomic mass is 35.7. The van der Waals surface area contributed by atoms with Gasteiger partial charge in [-0.3, -0.25) is 0 Å². The molecular weight excluding hydrogens is 326 g/mol. The SMILES string of the molecule is C[Si](Cl)(Cl)CCCSCCC[Si](C)(Cl)Cl. The Morgan fingerprint density at radius 1 is 0.800 bits per heavy atom. The molecule has 0 aliphatic carbocycles. The van der Waals surface area contributed by atoms with Crippen molar-refractivity contribution in [3.05, 3.63) is 0 Å². The molecule has 0 spiro atoms. The van der Waals surface area contributed by atoms with E-state index in [9.17, 15) is 0 Å². The fourth-order valence-corrected chi connectivity index (χ4v) is 5.68. The van der Waals surface area contributed by atoms with E-state index in [2.05, 4.69) is 0 Å². The van der Waals surface area contributed by atoms with Gasteiger partial charge in [0.05, 0.1) is 0 Å². The van der Waals surface area contributed by atoms with E-state index in [-0.39, 0.29) is 0 Å². The Kier molecular flexibility index (Phi) is 9.17. The van der Waals surface area contributed by atoms with Crippen LogP contribution in [-0.2, 0) is 0 Å². The molecule has 0 N–H and O–H groups in total. The highest BCUT2D eigenvalue weighted by molar-refractivity contribution is 7.99. The van der Waals surface area contributed by atoms with Crippen LogP contribution in [0.5, 0.6) is 0 Å². The van der Waals surface area contributed by atoms with E-state index in [0.29, 0.717) is 0 Å².